The number of Topliss-reactive ketones (excluding diaryl/α,β-unsaturated/α-hetero) is 1. The van der Waals surface area contributed by atoms with Gasteiger partial charge in [0.1, 0.15) is 23.4 Å². The van der Waals surface area contributed by atoms with Crippen molar-refractivity contribution < 1.29 is 14.4 Å². The van der Waals surface area contributed by atoms with Crippen LogP contribution in [0.2, 0.25) is 0 Å². The molecule has 2 amide bonds. The van der Waals surface area contributed by atoms with Crippen LogP contribution in [0.15, 0.2) is 67.1 Å². The van der Waals surface area contributed by atoms with E-state index < -0.39 is 23.6 Å². The van der Waals surface area contributed by atoms with Gasteiger partial charge in [-0.25, -0.2) is 9.97 Å². The Morgan fingerprint density at radius 1 is 1.06 bits per heavy atom. The zero-order valence-corrected chi connectivity index (χ0v) is 16.7. The minimum absolute atomic E-state index is 0.0996. The van der Waals surface area contributed by atoms with Crippen LogP contribution in [-0.4, -0.2) is 42.6 Å². The summed E-state index contributed by atoms with van der Waals surface area (Å²) >= 11 is 0. The van der Waals surface area contributed by atoms with Crippen molar-refractivity contribution >= 4 is 23.1 Å². The van der Waals surface area contributed by atoms with Crippen molar-refractivity contribution in [2.75, 3.05) is 0 Å². The van der Waals surface area contributed by atoms with Gasteiger partial charge in [-0.1, -0.05) is 12.1 Å². The number of fused-ring (bicyclic) bond motifs is 1. The number of nitrogens with two attached hydrogens (primary N) is 1. The Morgan fingerprint density at radius 3 is 2.61 bits per heavy atom. The van der Waals surface area contributed by atoms with E-state index in [9.17, 15) is 14.4 Å². The predicted molar refractivity (Wildman–Crippen MR) is 113 cm³/mol. The Hall–Kier alpha value is -4.27. The fourth-order valence-electron chi connectivity index (χ4n) is 3.48. The first kappa shape index (κ1) is 20.0. The van der Waals surface area contributed by atoms with Crippen LogP contribution in [0.5, 0.6) is 0 Å². The number of nitrogens with zero attached hydrogens (tertiary/aromatic N) is 4. The number of nitrogens with one attached hydrogen (secondary N) is 1. The van der Waals surface area contributed by atoms with Crippen molar-refractivity contribution in [2.45, 2.75) is 19.4 Å². The van der Waals surface area contributed by atoms with Gasteiger partial charge in [-0.05, 0) is 43.3 Å². The molecule has 0 aromatic carbocycles. The van der Waals surface area contributed by atoms with Crippen LogP contribution in [-0.2, 0) is 16.0 Å². The van der Waals surface area contributed by atoms with E-state index in [1.54, 1.807) is 35.9 Å². The third-order valence-corrected chi connectivity index (χ3v) is 4.97. The van der Waals surface area contributed by atoms with Gasteiger partial charge in [0.25, 0.3) is 11.8 Å². The van der Waals surface area contributed by atoms with Gasteiger partial charge >= 0.3 is 0 Å². The molecule has 0 saturated carbocycles. The number of carbonyl (C=O) groups excluding carboxylic acids is 3. The van der Waals surface area contributed by atoms with E-state index in [0.29, 0.717) is 11.6 Å². The molecule has 1 atom stereocenters. The number of hydrogen-bond acceptors (Lipinski definition) is 5. The van der Waals surface area contributed by atoms with Crippen molar-refractivity contribution in [2.24, 2.45) is 5.73 Å². The smallest absolute Gasteiger partial charge is 0.287 e. The van der Waals surface area contributed by atoms with Gasteiger partial charge in [-0.3, -0.25) is 19.0 Å². The van der Waals surface area contributed by atoms with Crippen molar-refractivity contribution in [3.05, 3.63) is 84.3 Å². The van der Waals surface area contributed by atoms with Crippen LogP contribution < -0.4 is 11.1 Å². The molecule has 9 nitrogen and oxygen atoms in total. The van der Waals surface area contributed by atoms with Gasteiger partial charge < -0.3 is 15.5 Å². The molecule has 31 heavy (non-hydrogen) atoms. The molecule has 9 heteroatoms. The number of ketones is 1. The summed E-state index contributed by atoms with van der Waals surface area (Å²) in [5.41, 5.74) is 7.12. The van der Waals surface area contributed by atoms with E-state index in [0.717, 1.165) is 11.2 Å². The molecule has 4 heterocycles. The summed E-state index contributed by atoms with van der Waals surface area (Å²) in [4.78, 5) is 45.7. The number of hydrogen-bond donors (Lipinski definition) is 2. The maximum atomic E-state index is 13.1. The number of rotatable bonds is 7. The van der Waals surface area contributed by atoms with Crippen molar-refractivity contribution in [1.29, 1.82) is 0 Å². The Balaban J connectivity index is 1.65. The van der Waals surface area contributed by atoms with Crippen LogP contribution in [0.1, 0.15) is 22.0 Å². The maximum Gasteiger partial charge on any atom is 0.287 e. The first-order valence-electron chi connectivity index (χ1n) is 9.61. The van der Waals surface area contributed by atoms with Gasteiger partial charge in [0, 0.05) is 30.0 Å². The maximum absolute atomic E-state index is 13.1. The minimum Gasteiger partial charge on any atom is -0.363 e. The van der Waals surface area contributed by atoms with Crippen LogP contribution in [0.4, 0.5) is 0 Å². The first-order valence-corrected chi connectivity index (χ1v) is 9.61. The third kappa shape index (κ3) is 3.93. The van der Waals surface area contributed by atoms with E-state index in [1.807, 2.05) is 40.9 Å². The molecular formula is C22H20N6O3. The van der Waals surface area contributed by atoms with E-state index in [-0.39, 0.29) is 12.1 Å². The number of aryl methyl sites for hydroxylation is 1. The van der Waals surface area contributed by atoms with E-state index in [1.165, 1.54) is 6.20 Å². The highest BCUT2D eigenvalue weighted by Gasteiger charge is 2.28. The first-order chi connectivity index (χ1) is 15.0. The van der Waals surface area contributed by atoms with Crippen molar-refractivity contribution in [1.82, 2.24) is 24.3 Å². The lowest BCUT2D eigenvalue weighted by Crippen LogP contribution is -2.47. The molecule has 0 radical (unpaired) electrons. The standard InChI is InChI=1S/C22H20N6O3/c1-14-25-13-18(28(14)19-7-2-4-10-24-19)22(31)26-17(20(29)21(23)30)12-16-9-8-15-6-3-5-11-27(15)16/h2-11,13,17H,12H2,1H3,(H2,23,30)(H,26,31). The highest BCUT2D eigenvalue weighted by Crippen LogP contribution is 2.15. The number of primary amides is 1. The summed E-state index contributed by atoms with van der Waals surface area (Å²) in [5.74, 6) is -1.48. The molecule has 0 spiro atoms. The van der Waals surface area contributed by atoms with E-state index in [4.69, 9.17) is 5.73 Å². The molecule has 1 unspecified atom stereocenters. The second-order valence-electron chi connectivity index (χ2n) is 6.99. The average Bonchev–Trinajstić information content (AvgIpc) is 3.37. The topological polar surface area (TPSA) is 124 Å². The van der Waals surface area contributed by atoms with Gasteiger partial charge in [0.05, 0.1) is 6.20 Å². The van der Waals surface area contributed by atoms with Gasteiger partial charge in [-0.2, -0.15) is 0 Å². The number of pyridine rings is 2. The molecule has 0 saturated heterocycles. The molecule has 0 bridgehead atoms. The Kier molecular flexibility index (Phi) is 5.31. The zero-order chi connectivity index (χ0) is 22.0. The number of carbonyl (C=O) groups is 3. The molecule has 0 aliphatic carbocycles. The molecule has 0 fully saturated rings. The number of amides is 2. The second kappa shape index (κ2) is 8.23. The molecule has 4 aromatic rings. The second-order valence-corrected chi connectivity index (χ2v) is 6.99. The SMILES string of the molecule is Cc1ncc(C(=O)NC(Cc2ccc3ccccn23)C(=O)C(N)=O)n1-c1ccccn1. The van der Waals surface area contributed by atoms with Gasteiger partial charge in [0.2, 0.25) is 5.78 Å². The normalized spacial score (nSPS) is 11.9. The minimum atomic E-state index is -1.13. The quantitative estimate of drug-likeness (QED) is 0.439. The fraction of sp³-hybridized carbons (Fsp3) is 0.136. The molecule has 4 aromatic heterocycles. The monoisotopic (exact) mass is 416 g/mol. The summed E-state index contributed by atoms with van der Waals surface area (Å²) in [5, 5.41) is 2.65. The fourth-order valence-corrected chi connectivity index (χ4v) is 3.48. The van der Waals surface area contributed by atoms with E-state index in [2.05, 4.69) is 15.3 Å². The third-order valence-electron chi connectivity index (χ3n) is 4.97. The molecule has 156 valence electrons. The lowest BCUT2D eigenvalue weighted by molar-refractivity contribution is -0.137. The summed E-state index contributed by atoms with van der Waals surface area (Å²) < 4.78 is 3.46. The van der Waals surface area contributed by atoms with Crippen LogP contribution >= 0.6 is 0 Å². The van der Waals surface area contributed by atoms with Crippen molar-refractivity contribution in [3.63, 3.8) is 0 Å². The molecule has 4 rings (SSSR count). The molecule has 0 aliphatic rings. The van der Waals surface area contributed by atoms with Crippen LogP contribution in [0.3, 0.4) is 0 Å². The highest BCUT2D eigenvalue weighted by molar-refractivity contribution is 6.38. The average molecular weight is 416 g/mol. The molecular weight excluding hydrogens is 396 g/mol. The molecule has 0 aliphatic heterocycles. The largest absolute Gasteiger partial charge is 0.363 e. The summed E-state index contributed by atoms with van der Waals surface area (Å²) in [6.45, 7) is 1.74. The van der Waals surface area contributed by atoms with Gasteiger partial charge in [0.15, 0.2) is 0 Å². The lowest BCUT2D eigenvalue weighted by atomic mass is 10.1. The Bertz CT molecular complexity index is 1270. The summed E-state index contributed by atoms with van der Waals surface area (Å²) in [7, 11) is 0. The predicted octanol–water partition coefficient (Wildman–Crippen LogP) is 1.22. The molecule has 3 N–H and O–H groups in total. The van der Waals surface area contributed by atoms with Gasteiger partial charge in [-0.15, -0.1) is 0 Å². The van der Waals surface area contributed by atoms with E-state index >= 15 is 0 Å². The number of aromatic nitrogens is 4. The zero-order valence-electron chi connectivity index (χ0n) is 16.7. The number of imidazole rings is 1. The highest BCUT2D eigenvalue weighted by atomic mass is 16.2. The summed E-state index contributed by atoms with van der Waals surface area (Å²) in [6, 6.07) is 13.6. The van der Waals surface area contributed by atoms with Crippen molar-refractivity contribution in [3.8, 4) is 5.82 Å². The van der Waals surface area contributed by atoms with Crippen LogP contribution in [0.25, 0.3) is 11.3 Å². The van der Waals surface area contributed by atoms with Crippen LogP contribution in [0, 0.1) is 6.92 Å². The summed E-state index contributed by atoms with van der Waals surface area (Å²) in [6.07, 6.45) is 4.95. The Labute approximate surface area is 177 Å². The Morgan fingerprint density at radius 2 is 1.87 bits per heavy atom. The lowest BCUT2D eigenvalue weighted by Gasteiger charge is -2.17.